The van der Waals surface area contributed by atoms with E-state index in [9.17, 15) is 14.4 Å². The van der Waals surface area contributed by atoms with Crippen LogP contribution in [-0.2, 0) is 14.4 Å². The molecule has 0 aliphatic carbocycles. The molecule has 0 bridgehead atoms. The van der Waals surface area contributed by atoms with Crippen molar-refractivity contribution in [1.82, 2.24) is 0 Å². The molecule has 0 saturated carbocycles. The fourth-order valence-electron chi connectivity index (χ4n) is 4.84. The zero-order chi connectivity index (χ0) is 26.9. The molecule has 0 spiro atoms. The van der Waals surface area contributed by atoms with Crippen LogP contribution in [0.4, 0.5) is 0 Å². The summed E-state index contributed by atoms with van der Waals surface area (Å²) < 4.78 is 0.265. The van der Waals surface area contributed by atoms with Crippen LogP contribution in [0.2, 0.25) is 0 Å². The number of nitrogens with zero attached hydrogens (tertiary/aromatic N) is 1. The van der Waals surface area contributed by atoms with Crippen molar-refractivity contribution < 1.29 is 34.2 Å². The van der Waals surface area contributed by atoms with E-state index in [4.69, 9.17) is 15.3 Å². The molecule has 0 radical (unpaired) electrons. The van der Waals surface area contributed by atoms with Crippen LogP contribution in [0.25, 0.3) is 0 Å². The highest BCUT2D eigenvalue weighted by atomic mass is 16.4. The smallest absolute Gasteiger partial charge is 0.309 e. The number of unbranched alkanes of at least 4 members (excludes halogenated alkanes) is 15. The summed E-state index contributed by atoms with van der Waals surface area (Å²) >= 11 is 0. The van der Waals surface area contributed by atoms with E-state index >= 15 is 0 Å². The number of allylic oxidation sites excluding steroid dienone is 2. The molecular formula is C29H54NO6+. The summed E-state index contributed by atoms with van der Waals surface area (Å²) in [6, 6.07) is 0. The van der Waals surface area contributed by atoms with Gasteiger partial charge >= 0.3 is 17.9 Å². The third kappa shape index (κ3) is 22.6. The zero-order valence-corrected chi connectivity index (χ0v) is 22.9. The van der Waals surface area contributed by atoms with Gasteiger partial charge in [0, 0.05) is 0 Å². The monoisotopic (exact) mass is 512 g/mol. The first-order valence-electron chi connectivity index (χ1n) is 14.4. The third-order valence-corrected chi connectivity index (χ3v) is 7.14. The quantitative estimate of drug-likeness (QED) is 0.0618. The summed E-state index contributed by atoms with van der Waals surface area (Å²) in [6.07, 6.45) is 24.2. The molecule has 36 heavy (non-hydrogen) atoms. The summed E-state index contributed by atoms with van der Waals surface area (Å²) in [5.41, 5.74) is 0. The highest BCUT2D eigenvalue weighted by molar-refractivity contribution is 5.67. The topological polar surface area (TPSA) is 112 Å². The molecule has 0 unspecified atom stereocenters. The molecule has 0 aliphatic rings. The van der Waals surface area contributed by atoms with Gasteiger partial charge in [0.1, 0.15) is 0 Å². The maximum absolute atomic E-state index is 11.1. The molecule has 0 heterocycles. The van der Waals surface area contributed by atoms with Crippen LogP contribution >= 0.6 is 0 Å². The molecule has 210 valence electrons. The minimum absolute atomic E-state index is 0.0733. The van der Waals surface area contributed by atoms with Crippen LogP contribution in [0.1, 0.15) is 129 Å². The van der Waals surface area contributed by atoms with Gasteiger partial charge in [-0.1, -0.05) is 89.2 Å². The first-order valence-corrected chi connectivity index (χ1v) is 14.4. The van der Waals surface area contributed by atoms with Gasteiger partial charge in [-0.25, -0.2) is 0 Å². The Labute approximate surface area is 219 Å². The molecule has 0 amide bonds. The number of rotatable bonds is 27. The van der Waals surface area contributed by atoms with Gasteiger partial charge in [0.05, 0.1) is 45.4 Å². The molecule has 0 saturated heterocycles. The van der Waals surface area contributed by atoms with Crippen molar-refractivity contribution in [1.29, 1.82) is 0 Å². The molecule has 7 nitrogen and oxygen atoms in total. The van der Waals surface area contributed by atoms with E-state index in [2.05, 4.69) is 19.1 Å². The van der Waals surface area contributed by atoms with E-state index in [-0.39, 0.29) is 43.4 Å². The van der Waals surface area contributed by atoms with Gasteiger partial charge < -0.3 is 19.8 Å². The average molecular weight is 513 g/mol. The summed E-state index contributed by atoms with van der Waals surface area (Å²) in [4.78, 5) is 33.4. The van der Waals surface area contributed by atoms with Crippen molar-refractivity contribution in [3.63, 3.8) is 0 Å². The van der Waals surface area contributed by atoms with Crippen molar-refractivity contribution in [2.75, 3.05) is 26.2 Å². The second-order valence-electron chi connectivity index (χ2n) is 10.3. The van der Waals surface area contributed by atoms with Crippen molar-refractivity contribution in [2.24, 2.45) is 0 Å². The molecule has 0 rings (SSSR count). The van der Waals surface area contributed by atoms with E-state index in [0.29, 0.717) is 6.54 Å². The summed E-state index contributed by atoms with van der Waals surface area (Å²) in [5.74, 6) is -2.79. The van der Waals surface area contributed by atoms with Crippen LogP contribution in [0.15, 0.2) is 12.2 Å². The Morgan fingerprint density at radius 1 is 0.500 bits per heavy atom. The van der Waals surface area contributed by atoms with Crippen molar-refractivity contribution in [2.45, 2.75) is 129 Å². The molecule has 3 N–H and O–H groups in total. The fourth-order valence-corrected chi connectivity index (χ4v) is 4.84. The Hall–Kier alpha value is -1.89. The lowest BCUT2D eigenvalue weighted by atomic mass is 10.0. The average Bonchev–Trinajstić information content (AvgIpc) is 2.83. The second kappa shape index (κ2) is 23.5. The van der Waals surface area contributed by atoms with E-state index in [0.717, 1.165) is 19.3 Å². The van der Waals surface area contributed by atoms with E-state index in [1.165, 1.54) is 83.5 Å². The standard InChI is InChI=1S/C29H53NO6/c1-2-3-4-5-6-7-8-9-10-11-12-13-14-15-16-17-18-19-23-30(24-20-27(31)32,25-21-28(33)34)26-22-29(35)36/h2-3H,4-26H2,1H3,(H2-,31,32,33,34,35,36)/p+1/b3-2+. The van der Waals surface area contributed by atoms with E-state index in [1.54, 1.807) is 0 Å². The second-order valence-corrected chi connectivity index (χ2v) is 10.3. The highest BCUT2D eigenvalue weighted by Gasteiger charge is 2.29. The molecular weight excluding hydrogens is 458 g/mol. The zero-order valence-electron chi connectivity index (χ0n) is 22.9. The molecule has 0 aromatic rings. The van der Waals surface area contributed by atoms with Gasteiger partial charge in [-0.3, -0.25) is 14.4 Å². The number of carboxylic acids is 3. The summed E-state index contributed by atoms with van der Waals surface area (Å²) in [5, 5.41) is 27.3. The number of carbonyl (C=O) groups is 3. The Morgan fingerprint density at radius 2 is 0.806 bits per heavy atom. The van der Waals surface area contributed by atoms with Crippen molar-refractivity contribution >= 4 is 17.9 Å². The molecule has 0 atom stereocenters. The molecule has 0 aromatic heterocycles. The van der Waals surface area contributed by atoms with Gasteiger partial charge in [-0.2, -0.15) is 0 Å². The lowest BCUT2D eigenvalue weighted by Crippen LogP contribution is -2.52. The third-order valence-electron chi connectivity index (χ3n) is 7.14. The van der Waals surface area contributed by atoms with Crippen molar-refractivity contribution in [3.8, 4) is 0 Å². The first kappa shape index (κ1) is 34.1. The normalized spacial score (nSPS) is 11.8. The van der Waals surface area contributed by atoms with Gasteiger partial charge in [0.25, 0.3) is 0 Å². The van der Waals surface area contributed by atoms with Crippen molar-refractivity contribution in [3.05, 3.63) is 12.2 Å². The van der Waals surface area contributed by atoms with Gasteiger partial charge in [-0.05, 0) is 32.6 Å². The molecule has 0 fully saturated rings. The Kier molecular flexibility index (Phi) is 22.3. The molecule has 0 aromatic carbocycles. The summed E-state index contributed by atoms with van der Waals surface area (Å²) in [6.45, 7) is 3.58. The Bertz CT molecular complexity index is 559. The lowest BCUT2D eigenvalue weighted by molar-refractivity contribution is -0.927. The maximum Gasteiger partial charge on any atom is 0.309 e. The van der Waals surface area contributed by atoms with Gasteiger partial charge in [0.15, 0.2) is 0 Å². The first-order chi connectivity index (χ1) is 17.3. The number of quaternary nitrogens is 1. The molecule has 7 heteroatoms. The van der Waals surface area contributed by atoms with Gasteiger partial charge in [0.2, 0.25) is 0 Å². The van der Waals surface area contributed by atoms with Crippen LogP contribution in [-0.4, -0.2) is 63.9 Å². The minimum Gasteiger partial charge on any atom is -0.481 e. The van der Waals surface area contributed by atoms with Crippen LogP contribution in [0.5, 0.6) is 0 Å². The van der Waals surface area contributed by atoms with Gasteiger partial charge in [-0.15, -0.1) is 0 Å². The predicted molar refractivity (Wildman–Crippen MR) is 145 cm³/mol. The minimum atomic E-state index is -0.932. The van der Waals surface area contributed by atoms with Crippen LogP contribution < -0.4 is 0 Å². The Morgan fingerprint density at radius 3 is 1.11 bits per heavy atom. The van der Waals surface area contributed by atoms with Crippen LogP contribution in [0.3, 0.4) is 0 Å². The number of hydrogen-bond acceptors (Lipinski definition) is 3. The highest BCUT2D eigenvalue weighted by Crippen LogP contribution is 2.17. The fraction of sp³-hybridized carbons (Fsp3) is 0.828. The van der Waals surface area contributed by atoms with Crippen LogP contribution in [0, 0.1) is 0 Å². The maximum atomic E-state index is 11.1. The van der Waals surface area contributed by atoms with E-state index < -0.39 is 17.9 Å². The lowest BCUT2D eigenvalue weighted by Gasteiger charge is -2.38. The van der Waals surface area contributed by atoms with E-state index in [1.807, 2.05) is 0 Å². The summed E-state index contributed by atoms with van der Waals surface area (Å²) in [7, 11) is 0. The number of aliphatic carboxylic acids is 3. The number of hydrogen-bond donors (Lipinski definition) is 3. The number of carboxylic acid groups (broad SMARTS) is 3. The Balaban J connectivity index is 3.95. The molecule has 0 aliphatic heterocycles. The predicted octanol–water partition coefficient (Wildman–Crippen LogP) is 7.05. The largest absolute Gasteiger partial charge is 0.481 e. The SMILES string of the molecule is C/C=C/CCCCCCCCCCCCCCCCC[N+](CCC(=O)O)(CCC(=O)O)CCC(=O)O.